The zero-order valence-electron chi connectivity index (χ0n) is 9.30. The van der Waals surface area contributed by atoms with Crippen molar-refractivity contribution in [1.29, 1.82) is 0 Å². The van der Waals surface area contributed by atoms with Gasteiger partial charge in [-0.2, -0.15) is 0 Å². The van der Waals surface area contributed by atoms with Gasteiger partial charge in [-0.25, -0.2) is 4.79 Å². The number of aromatic carboxylic acids is 1. The fourth-order valence-electron chi connectivity index (χ4n) is 1.17. The molecule has 6 heteroatoms. The van der Waals surface area contributed by atoms with Crippen LogP contribution in [0, 0.1) is 0 Å². The largest absolute Gasteiger partial charge is 0.475 e. The minimum atomic E-state index is -1.25. The lowest BCUT2D eigenvalue weighted by atomic mass is 10.5. The van der Waals surface area contributed by atoms with Crippen LogP contribution in [-0.4, -0.2) is 46.6 Å². The number of hydrogen-bond donors (Lipinski definition) is 1. The van der Waals surface area contributed by atoms with Gasteiger partial charge in [0.05, 0.1) is 10.8 Å². The van der Waals surface area contributed by atoms with Crippen molar-refractivity contribution in [2.75, 3.05) is 26.4 Å². The summed E-state index contributed by atoms with van der Waals surface area (Å²) >= 11 is 0. The molecule has 1 unspecified atom stereocenters. The summed E-state index contributed by atoms with van der Waals surface area (Å²) in [6, 6.07) is 2.77. The van der Waals surface area contributed by atoms with Gasteiger partial charge in [-0.15, -0.1) is 0 Å². The molecule has 0 bridgehead atoms. The van der Waals surface area contributed by atoms with Crippen LogP contribution in [0.15, 0.2) is 21.6 Å². The van der Waals surface area contributed by atoms with Crippen LogP contribution in [0.3, 0.4) is 0 Å². The van der Waals surface area contributed by atoms with Crippen LogP contribution in [0.1, 0.15) is 17.0 Å². The molecule has 0 radical (unpaired) electrons. The van der Waals surface area contributed by atoms with Gasteiger partial charge in [-0.1, -0.05) is 0 Å². The lowest BCUT2D eigenvalue weighted by Gasteiger charge is -2.07. The van der Waals surface area contributed by atoms with Gasteiger partial charge in [0.2, 0.25) is 5.76 Å². The minimum Gasteiger partial charge on any atom is -0.475 e. The summed E-state index contributed by atoms with van der Waals surface area (Å²) in [7, 11) is 2.63. The summed E-state index contributed by atoms with van der Waals surface area (Å²) in [5, 5.41) is 8.86. The Morgan fingerprint density at radius 1 is 1.50 bits per heavy atom. The van der Waals surface area contributed by atoms with Gasteiger partial charge in [0, 0.05) is 5.75 Å². The van der Waals surface area contributed by atoms with Crippen molar-refractivity contribution in [3.8, 4) is 0 Å². The average molecular weight is 245 g/mol. The Morgan fingerprint density at radius 2 is 2.19 bits per heavy atom. The fourth-order valence-corrected chi connectivity index (χ4v) is 2.16. The Balaban J connectivity index is 2.50. The number of rotatable bonds is 6. The summed E-state index contributed by atoms with van der Waals surface area (Å²) in [5.74, 6) is -0.836. The van der Waals surface area contributed by atoms with Gasteiger partial charge in [-0.05, 0) is 39.2 Å². The summed E-state index contributed by atoms with van der Waals surface area (Å²) in [6.07, 6.45) is 0.780. The van der Waals surface area contributed by atoms with Crippen molar-refractivity contribution in [3.63, 3.8) is 0 Å². The van der Waals surface area contributed by atoms with E-state index in [0.29, 0.717) is 5.75 Å². The molecule has 0 saturated carbocycles. The van der Waals surface area contributed by atoms with Crippen LogP contribution in [-0.2, 0) is 10.8 Å². The van der Waals surface area contributed by atoms with Gasteiger partial charge in [0.25, 0.3) is 0 Å². The van der Waals surface area contributed by atoms with E-state index >= 15 is 0 Å². The minimum absolute atomic E-state index is 0.170. The van der Waals surface area contributed by atoms with E-state index in [1.54, 1.807) is 0 Å². The molecular formula is C10H15NO4S. The standard InChI is InChI=1S/C10H15NO4S/c1-11(2)6-3-7-16(14)9-5-4-8(15-9)10(12)13/h4-5H,3,6-7H2,1-2H3,(H,12,13). The second kappa shape index (κ2) is 5.81. The van der Waals surface area contributed by atoms with Gasteiger partial charge < -0.3 is 14.4 Å². The number of carboxylic acid groups (broad SMARTS) is 1. The van der Waals surface area contributed by atoms with Crippen LogP contribution >= 0.6 is 0 Å². The Labute approximate surface area is 96.5 Å². The number of carbonyl (C=O) groups is 1. The number of furan rings is 1. The highest BCUT2D eigenvalue weighted by Gasteiger charge is 2.13. The van der Waals surface area contributed by atoms with E-state index in [4.69, 9.17) is 9.52 Å². The third-order valence-corrected chi connectivity index (χ3v) is 3.28. The molecule has 1 aromatic heterocycles. The highest BCUT2D eigenvalue weighted by atomic mass is 32.2. The third-order valence-electron chi connectivity index (χ3n) is 1.95. The molecule has 0 aliphatic carbocycles. The Kier molecular flexibility index (Phi) is 4.70. The summed E-state index contributed by atoms with van der Waals surface area (Å²) in [5.41, 5.74) is 0. The zero-order chi connectivity index (χ0) is 12.1. The Morgan fingerprint density at radius 3 is 2.69 bits per heavy atom. The van der Waals surface area contributed by atoms with E-state index in [-0.39, 0.29) is 10.9 Å². The molecule has 0 amide bonds. The van der Waals surface area contributed by atoms with Crippen molar-refractivity contribution in [2.24, 2.45) is 0 Å². The Hall–Kier alpha value is -1.14. The zero-order valence-corrected chi connectivity index (χ0v) is 10.1. The summed E-state index contributed by atoms with van der Waals surface area (Å²) in [6.45, 7) is 0.845. The molecule has 1 heterocycles. The quantitative estimate of drug-likeness (QED) is 0.810. The first-order valence-electron chi connectivity index (χ1n) is 4.87. The molecule has 16 heavy (non-hydrogen) atoms. The van der Waals surface area contributed by atoms with Crippen LogP contribution in [0.5, 0.6) is 0 Å². The van der Waals surface area contributed by atoms with E-state index in [1.165, 1.54) is 12.1 Å². The van der Waals surface area contributed by atoms with E-state index in [1.807, 2.05) is 19.0 Å². The first kappa shape index (κ1) is 12.9. The van der Waals surface area contributed by atoms with Crippen LogP contribution in [0.4, 0.5) is 0 Å². The second-order valence-corrected chi connectivity index (χ2v) is 5.13. The number of hydrogen-bond acceptors (Lipinski definition) is 4. The molecule has 5 nitrogen and oxygen atoms in total. The van der Waals surface area contributed by atoms with Gasteiger partial charge in [-0.3, -0.25) is 4.21 Å². The van der Waals surface area contributed by atoms with Crippen molar-refractivity contribution >= 4 is 16.8 Å². The molecule has 1 atom stereocenters. The molecule has 1 aromatic rings. The average Bonchev–Trinajstić information content (AvgIpc) is 2.65. The lowest BCUT2D eigenvalue weighted by Crippen LogP contribution is -2.15. The Bertz CT molecular complexity index is 386. The predicted octanol–water partition coefficient (Wildman–Crippen LogP) is 1.04. The molecule has 90 valence electrons. The molecule has 0 saturated heterocycles. The predicted molar refractivity (Wildman–Crippen MR) is 60.1 cm³/mol. The SMILES string of the molecule is CN(C)CCCS(=O)c1ccc(C(=O)O)o1. The van der Waals surface area contributed by atoms with Gasteiger partial charge in [0.15, 0.2) is 5.09 Å². The monoisotopic (exact) mass is 245 g/mol. The normalized spacial score (nSPS) is 12.9. The molecule has 0 aliphatic rings. The molecule has 1 N–H and O–H groups in total. The summed E-state index contributed by atoms with van der Waals surface area (Å²) < 4.78 is 16.6. The van der Waals surface area contributed by atoms with Crippen LogP contribution < -0.4 is 0 Å². The van der Waals surface area contributed by atoms with Gasteiger partial charge in [0.1, 0.15) is 0 Å². The third kappa shape index (κ3) is 3.79. The van der Waals surface area contributed by atoms with Crippen molar-refractivity contribution in [2.45, 2.75) is 11.5 Å². The molecule has 0 spiro atoms. The van der Waals surface area contributed by atoms with E-state index < -0.39 is 16.8 Å². The first-order chi connectivity index (χ1) is 7.50. The molecule has 0 fully saturated rings. The number of carboxylic acids is 1. The number of nitrogens with zero attached hydrogens (tertiary/aromatic N) is 1. The van der Waals surface area contributed by atoms with Crippen molar-refractivity contribution < 1.29 is 18.5 Å². The smallest absolute Gasteiger partial charge is 0.371 e. The maximum absolute atomic E-state index is 11.7. The highest BCUT2D eigenvalue weighted by Crippen LogP contribution is 2.13. The van der Waals surface area contributed by atoms with Crippen LogP contribution in [0.2, 0.25) is 0 Å². The first-order valence-corrected chi connectivity index (χ1v) is 6.19. The highest BCUT2D eigenvalue weighted by molar-refractivity contribution is 7.84. The van der Waals surface area contributed by atoms with Crippen molar-refractivity contribution in [1.82, 2.24) is 4.90 Å². The molecule has 0 aliphatic heterocycles. The van der Waals surface area contributed by atoms with Crippen molar-refractivity contribution in [3.05, 3.63) is 17.9 Å². The fraction of sp³-hybridized carbons (Fsp3) is 0.500. The van der Waals surface area contributed by atoms with Gasteiger partial charge >= 0.3 is 5.97 Å². The second-order valence-electron chi connectivity index (χ2n) is 3.63. The molecule has 1 rings (SSSR count). The van der Waals surface area contributed by atoms with Crippen LogP contribution in [0.25, 0.3) is 0 Å². The van der Waals surface area contributed by atoms with E-state index in [0.717, 1.165) is 13.0 Å². The lowest BCUT2D eigenvalue weighted by molar-refractivity contribution is 0.0656. The van der Waals surface area contributed by atoms with E-state index in [2.05, 4.69) is 0 Å². The maximum Gasteiger partial charge on any atom is 0.371 e. The molecule has 0 aromatic carbocycles. The topological polar surface area (TPSA) is 70.8 Å². The maximum atomic E-state index is 11.7. The molecular weight excluding hydrogens is 230 g/mol. The van der Waals surface area contributed by atoms with E-state index in [9.17, 15) is 9.00 Å². The summed E-state index contributed by atoms with van der Waals surface area (Å²) in [4.78, 5) is 12.5.